The Morgan fingerprint density at radius 3 is 2.42 bits per heavy atom. The van der Waals surface area contributed by atoms with Gasteiger partial charge < -0.3 is 10.4 Å². The van der Waals surface area contributed by atoms with E-state index in [0.29, 0.717) is 13.0 Å². The first-order valence-corrected chi connectivity index (χ1v) is 6.40. The van der Waals surface area contributed by atoms with Crippen molar-refractivity contribution >= 4 is 11.9 Å². The molecule has 1 unspecified atom stereocenters. The molecule has 0 saturated heterocycles. The van der Waals surface area contributed by atoms with Crippen LogP contribution in [0.3, 0.4) is 0 Å². The fourth-order valence-electron chi connectivity index (χ4n) is 1.87. The molecule has 0 heterocycles. The van der Waals surface area contributed by atoms with Crippen LogP contribution in [-0.2, 0) is 16.0 Å². The van der Waals surface area contributed by atoms with Crippen molar-refractivity contribution in [1.29, 1.82) is 0 Å². The summed E-state index contributed by atoms with van der Waals surface area (Å²) in [6, 6.07) is 4.13. The normalized spacial score (nSPS) is 12.0. The average molecular weight is 263 g/mol. The highest BCUT2D eigenvalue weighted by Crippen LogP contribution is 2.17. The maximum absolute atomic E-state index is 11.5. The van der Waals surface area contributed by atoms with Crippen LogP contribution in [0, 0.1) is 26.7 Å². The topological polar surface area (TPSA) is 66.4 Å². The Labute approximate surface area is 113 Å². The van der Waals surface area contributed by atoms with Gasteiger partial charge in [-0.15, -0.1) is 0 Å². The number of hydrogen-bond acceptors (Lipinski definition) is 2. The van der Waals surface area contributed by atoms with Gasteiger partial charge in [0.15, 0.2) is 0 Å². The summed E-state index contributed by atoms with van der Waals surface area (Å²) < 4.78 is 0. The van der Waals surface area contributed by atoms with Gasteiger partial charge in [0.05, 0.1) is 0 Å². The number of rotatable bonds is 5. The Morgan fingerprint density at radius 2 is 1.84 bits per heavy atom. The molecule has 0 saturated carbocycles. The van der Waals surface area contributed by atoms with Gasteiger partial charge in [0.1, 0.15) is 5.92 Å². The number of hydrogen-bond donors (Lipinski definition) is 2. The lowest BCUT2D eigenvalue weighted by Gasteiger charge is -2.12. The minimum Gasteiger partial charge on any atom is -0.481 e. The van der Waals surface area contributed by atoms with E-state index in [-0.39, 0.29) is 0 Å². The summed E-state index contributed by atoms with van der Waals surface area (Å²) in [5.74, 6) is -2.53. The molecule has 4 nitrogen and oxygen atoms in total. The zero-order valence-electron chi connectivity index (χ0n) is 11.9. The van der Waals surface area contributed by atoms with Gasteiger partial charge in [0, 0.05) is 6.54 Å². The zero-order chi connectivity index (χ0) is 14.6. The van der Waals surface area contributed by atoms with E-state index in [1.54, 1.807) is 0 Å². The maximum atomic E-state index is 11.5. The van der Waals surface area contributed by atoms with E-state index in [0.717, 1.165) is 0 Å². The third-order valence-corrected chi connectivity index (χ3v) is 3.63. The number of aryl methyl sites for hydroxylation is 1. The van der Waals surface area contributed by atoms with Gasteiger partial charge in [0.2, 0.25) is 5.91 Å². The van der Waals surface area contributed by atoms with E-state index in [9.17, 15) is 9.59 Å². The summed E-state index contributed by atoms with van der Waals surface area (Å²) in [4.78, 5) is 22.1. The third kappa shape index (κ3) is 3.81. The summed E-state index contributed by atoms with van der Waals surface area (Å²) in [5, 5.41) is 11.4. The van der Waals surface area contributed by atoms with Crippen LogP contribution in [-0.4, -0.2) is 23.5 Å². The smallest absolute Gasteiger partial charge is 0.315 e. The van der Waals surface area contributed by atoms with Crippen LogP contribution in [0.5, 0.6) is 0 Å². The number of nitrogens with one attached hydrogen (secondary N) is 1. The van der Waals surface area contributed by atoms with Crippen molar-refractivity contribution < 1.29 is 14.7 Å². The lowest BCUT2D eigenvalue weighted by atomic mass is 9.97. The Hall–Kier alpha value is -1.84. The Bertz CT molecular complexity index is 494. The molecule has 0 aliphatic carbocycles. The fraction of sp³-hybridized carbons (Fsp3) is 0.467. The van der Waals surface area contributed by atoms with E-state index in [1.165, 1.54) is 29.2 Å². The van der Waals surface area contributed by atoms with E-state index in [2.05, 4.69) is 38.2 Å². The van der Waals surface area contributed by atoms with Crippen molar-refractivity contribution in [3.8, 4) is 0 Å². The number of carbonyl (C=O) groups is 2. The summed E-state index contributed by atoms with van der Waals surface area (Å²) in [6.45, 7) is 8.07. The number of carbonyl (C=O) groups excluding carboxylic acids is 1. The van der Waals surface area contributed by atoms with Gasteiger partial charge in [-0.25, -0.2) is 0 Å². The third-order valence-electron chi connectivity index (χ3n) is 3.63. The van der Waals surface area contributed by atoms with Crippen LogP contribution in [0.4, 0.5) is 0 Å². The maximum Gasteiger partial charge on any atom is 0.315 e. The highest BCUT2D eigenvalue weighted by molar-refractivity contribution is 5.96. The van der Waals surface area contributed by atoms with E-state index in [1.807, 2.05) is 0 Å². The van der Waals surface area contributed by atoms with Crippen molar-refractivity contribution in [2.75, 3.05) is 6.54 Å². The summed E-state index contributed by atoms with van der Waals surface area (Å²) in [5.41, 5.74) is 4.94. The lowest BCUT2D eigenvalue weighted by Crippen LogP contribution is -2.34. The fourth-order valence-corrected chi connectivity index (χ4v) is 1.87. The highest BCUT2D eigenvalue weighted by atomic mass is 16.4. The van der Waals surface area contributed by atoms with Gasteiger partial charge in [0.25, 0.3) is 0 Å². The van der Waals surface area contributed by atoms with Crippen LogP contribution < -0.4 is 5.32 Å². The molecule has 0 aromatic heterocycles. The number of amides is 1. The minimum absolute atomic E-state index is 0.436. The first kappa shape index (κ1) is 15.2. The second kappa shape index (κ2) is 6.36. The van der Waals surface area contributed by atoms with Gasteiger partial charge in [-0.3, -0.25) is 9.59 Å². The van der Waals surface area contributed by atoms with E-state index >= 15 is 0 Å². The van der Waals surface area contributed by atoms with E-state index in [4.69, 9.17) is 5.11 Å². The number of aliphatic carboxylic acids is 1. The molecule has 0 aliphatic rings. The molecule has 0 bridgehead atoms. The molecule has 104 valence electrons. The molecule has 1 aromatic carbocycles. The predicted molar refractivity (Wildman–Crippen MR) is 74.2 cm³/mol. The van der Waals surface area contributed by atoms with Gasteiger partial charge in [-0.2, -0.15) is 0 Å². The van der Waals surface area contributed by atoms with Crippen molar-refractivity contribution in [2.24, 2.45) is 5.92 Å². The zero-order valence-corrected chi connectivity index (χ0v) is 11.9. The Balaban J connectivity index is 2.57. The van der Waals surface area contributed by atoms with Crippen molar-refractivity contribution in [3.63, 3.8) is 0 Å². The van der Waals surface area contributed by atoms with Crippen LogP contribution in [0.2, 0.25) is 0 Å². The quantitative estimate of drug-likeness (QED) is 0.798. The average Bonchev–Trinajstić information content (AvgIpc) is 2.37. The van der Waals surface area contributed by atoms with Crippen LogP contribution >= 0.6 is 0 Å². The predicted octanol–water partition coefficient (Wildman–Crippen LogP) is 1.99. The standard InChI is InChI=1S/C15H21NO3/c1-9-5-6-13(11(3)10(9)2)7-8-16-14(17)12(4)15(18)19/h5-6,12H,7-8H2,1-4H3,(H,16,17)(H,18,19). The molecule has 0 radical (unpaired) electrons. The molecular weight excluding hydrogens is 242 g/mol. The molecule has 0 spiro atoms. The first-order chi connectivity index (χ1) is 8.84. The monoisotopic (exact) mass is 263 g/mol. The SMILES string of the molecule is Cc1ccc(CCNC(=O)C(C)C(=O)O)c(C)c1C. The summed E-state index contributed by atoms with van der Waals surface area (Å²) in [7, 11) is 0. The number of carboxylic acid groups (broad SMARTS) is 1. The van der Waals surface area contributed by atoms with Crippen LogP contribution in [0.15, 0.2) is 12.1 Å². The van der Waals surface area contributed by atoms with E-state index < -0.39 is 17.8 Å². The number of benzene rings is 1. The molecule has 1 rings (SSSR count). The molecule has 19 heavy (non-hydrogen) atoms. The van der Waals surface area contributed by atoms with Crippen molar-refractivity contribution in [1.82, 2.24) is 5.32 Å². The van der Waals surface area contributed by atoms with Crippen LogP contribution in [0.1, 0.15) is 29.2 Å². The molecule has 0 fully saturated rings. The van der Waals surface area contributed by atoms with Crippen molar-refractivity contribution in [3.05, 3.63) is 34.4 Å². The summed E-state index contributed by atoms with van der Waals surface area (Å²) in [6.07, 6.45) is 0.713. The first-order valence-electron chi connectivity index (χ1n) is 6.40. The summed E-state index contributed by atoms with van der Waals surface area (Å²) >= 11 is 0. The molecule has 4 heteroatoms. The second-order valence-corrected chi connectivity index (χ2v) is 4.89. The molecule has 2 N–H and O–H groups in total. The van der Waals surface area contributed by atoms with Gasteiger partial charge >= 0.3 is 5.97 Å². The van der Waals surface area contributed by atoms with Crippen molar-refractivity contribution in [2.45, 2.75) is 34.1 Å². The Kier molecular flexibility index (Phi) is 5.10. The molecule has 1 amide bonds. The Morgan fingerprint density at radius 1 is 1.21 bits per heavy atom. The van der Waals surface area contributed by atoms with Gasteiger partial charge in [-0.1, -0.05) is 12.1 Å². The lowest BCUT2D eigenvalue weighted by molar-refractivity contribution is -0.146. The minimum atomic E-state index is -1.10. The molecule has 1 atom stereocenters. The molecule has 0 aliphatic heterocycles. The molecule has 1 aromatic rings. The molecular formula is C15H21NO3. The number of carboxylic acids is 1. The highest BCUT2D eigenvalue weighted by Gasteiger charge is 2.19. The largest absolute Gasteiger partial charge is 0.481 e. The second-order valence-electron chi connectivity index (χ2n) is 4.89. The van der Waals surface area contributed by atoms with Crippen LogP contribution in [0.25, 0.3) is 0 Å². The van der Waals surface area contributed by atoms with Gasteiger partial charge in [-0.05, 0) is 56.4 Å².